The Morgan fingerprint density at radius 1 is 1.03 bits per heavy atom. The first kappa shape index (κ1) is 29.1. The second kappa shape index (κ2) is 13.3. The number of carboxylic acids is 1. The fraction of sp³-hybridized carbons (Fsp3) is 0.500. The van der Waals surface area contributed by atoms with Crippen LogP contribution in [0, 0.1) is 5.92 Å². The third-order valence-corrected chi connectivity index (χ3v) is 6.47. The van der Waals surface area contributed by atoms with E-state index in [1.807, 2.05) is 31.2 Å². The normalized spacial score (nSPS) is 16.3. The van der Waals surface area contributed by atoms with Crippen LogP contribution in [0.3, 0.4) is 0 Å². The molecule has 2 aromatic rings. The largest absolute Gasteiger partial charge is 0.480 e. The van der Waals surface area contributed by atoms with Gasteiger partial charge in [0.2, 0.25) is 17.7 Å². The van der Waals surface area contributed by atoms with Gasteiger partial charge in [-0.25, -0.2) is 4.79 Å². The zero-order valence-corrected chi connectivity index (χ0v) is 21.4. The molecule has 0 radical (unpaired) electrons. The smallest absolute Gasteiger partial charge is 0.328 e. The number of aliphatic hydroxyl groups is 1. The Kier molecular flexibility index (Phi) is 10.8. The van der Waals surface area contributed by atoms with Crippen LogP contribution < -0.4 is 21.7 Å². The molecule has 0 saturated carbocycles. The number of nitrogens with one attached hydrogen (secondary N) is 4. The predicted molar refractivity (Wildman–Crippen MR) is 138 cm³/mol. The molecule has 11 nitrogen and oxygen atoms in total. The molecule has 0 aliphatic rings. The third kappa shape index (κ3) is 7.45. The number of aromatic amines is 1. The lowest BCUT2D eigenvalue weighted by atomic mass is 9.97. The second-order valence-electron chi connectivity index (χ2n) is 8.85. The maximum Gasteiger partial charge on any atom is 0.328 e. The van der Waals surface area contributed by atoms with E-state index in [-0.39, 0.29) is 18.1 Å². The first-order valence-corrected chi connectivity index (χ1v) is 12.4. The quantitative estimate of drug-likeness (QED) is 0.169. The molecule has 1 aromatic heterocycles. The van der Waals surface area contributed by atoms with Gasteiger partial charge in [0.05, 0.1) is 12.1 Å². The lowest BCUT2D eigenvalue weighted by molar-refractivity contribution is -0.145. The van der Waals surface area contributed by atoms with Crippen LogP contribution in [0.5, 0.6) is 0 Å². The molecule has 8 N–H and O–H groups in total. The van der Waals surface area contributed by atoms with E-state index < -0.39 is 54.0 Å². The van der Waals surface area contributed by atoms with E-state index in [9.17, 15) is 29.4 Å². The molecular weight excluding hydrogens is 486 g/mol. The van der Waals surface area contributed by atoms with Gasteiger partial charge in [0.1, 0.15) is 12.1 Å². The van der Waals surface area contributed by atoms with Crippen molar-refractivity contribution in [3.63, 3.8) is 0 Å². The molecule has 6 unspecified atom stereocenters. The van der Waals surface area contributed by atoms with E-state index in [4.69, 9.17) is 5.73 Å². The first-order chi connectivity index (χ1) is 17.0. The van der Waals surface area contributed by atoms with Crippen LogP contribution in [0.2, 0.25) is 0 Å². The number of carbonyl (C=O) groups excluding carboxylic acids is 3. The highest BCUT2D eigenvalue weighted by Crippen LogP contribution is 2.19. The fourth-order valence-electron chi connectivity index (χ4n) is 3.69. The predicted octanol–water partition coefficient (Wildman–Crippen LogP) is -0.0666. The summed E-state index contributed by atoms with van der Waals surface area (Å²) >= 11 is 4.08. The highest BCUT2D eigenvalue weighted by atomic mass is 32.1. The number of aromatic nitrogens is 1. The Hall–Kier alpha value is -3.09. The number of thiol groups is 1. The number of hydrogen-bond donors (Lipinski definition) is 8. The number of para-hydroxylation sites is 1. The average molecular weight is 522 g/mol. The number of fused-ring (bicyclic) bond motifs is 1. The molecular formula is C24H35N5O6S. The van der Waals surface area contributed by atoms with Gasteiger partial charge >= 0.3 is 5.97 Å². The van der Waals surface area contributed by atoms with Crippen molar-refractivity contribution in [3.05, 3.63) is 36.0 Å². The van der Waals surface area contributed by atoms with Gasteiger partial charge in [0, 0.05) is 22.9 Å². The summed E-state index contributed by atoms with van der Waals surface area (Å²) in [7, 11) is 0. The molecule has 1 heterocycles. The summed E-state index contributed by atoms with van der Waals surface area (Å²) in [6, 6.07) is 2.98. The van der Waals surface area contributed by atoms with Gasteiger partial charge in [-0.3, -0.25) is 14.4 Å². The van der Waals surface area contributed by atoms with Crippen molar-refractivity contribution < 1.29 is 29.4 Å². The van der Waals surface area contributed by atoms with E-state index in [0.29, 0.717) is 6.42 Å². The van der Waals surface area contributed by atoms with E-state index in [2.05, 4.69) is 33.6 Å². The number of carbonyl (C=O) groups is 4. The molecule has 198 valence electrons. The standard InChI is InChI=1S/C24H35N5O6S/c1-4-12(2)19(23(33)27-18(11-36)22(32)29-20(13(3)30)24(34)35)28-21(31)16(25)9-14-10-26-17-8-6-5-7-15(14)17/h5-8,10,12-13,16,18-20,26,30,36H,4,9,11,25H2,1-3H3,(H,27,33)(H,28,31)(H,29,32)(H,34,35). The summed E-state index contributed by atoms with van der Waals surface area (Å²) in [4.78, 5) is 52.9. The average Bonchev–Trinajstić information content (AvgIpc) is 3.25. The third-order valence-electron chi connectivity index (χ3n) is 6.11. The van der Waals surface area contributed by atoms with E-state index in [1.165, 1.54) is 6.92 Å². The number of aliphatic hydroxyl groups excluding tert-OH is 1. The SMILES string of the molecule is CCC(C)C(NC(=O)C(N)Cc1c[nH]c2ccccc12)C(=O)NC(CS)C(=O)NC(C(=O)O)C(C)O. The molecule has 6 atom stereocenters. The minimum Gasteiger partial charge on any atom is -0.480 e. The highest BCUT2D eigenvalue weighted by molar-refractivity contribution is 7.80. The molecule has 0 bridgehead atoms. The monoisotopic (exact) mass is 521 g/mol. The summed E-state index contributed by atoms with van der Waals surface area (Å²) < 4.78 is 0. The summed E-state index contributed by atoms with van der Waals surface area (Å²) in [5.74, 6) is -3.82. The van der Waals surface area contributed by atoms with Gasteiger partial charge in [-0.15, -0.1) is 0 Å². The summed E-state index contributed by atoms with van der Waals surface area (Å²) in [5.41, 5.74) is 7.96. The molecule has 1 aromatic carbocycles. The molecule has 2 rings (SSSR count). The van der Waals surface area contributed by atoms with Crippen LogP contribution in [-0.2, 0) is 25.6 Å². The number of aliphatic carboxylic acids is 1. The molecule has 12 heteroatoms. The number of rotatable bonds is 13. The zero-order chi connectivity index (χ0) is 27.0. The van der Waals surface area contributed by atoms with Crippen molar-refractivity contribution >= 4 is 47.2 Å². The number of benzene rings is 1. The number of hydrogen-bond acceptors (Lipinski definition) is 7. The van der Waals surface area contributed by atoms with Crippen LogP contribution in [0.1, 0.15) is 32.8 Å². The van der Waals surface area contributed by atoms with Gasteiger partial charge in [0.15, 0.2) is 6.04 Å². The molecule has 0 aliphatic heterocycles. The van der Waals surface area contributed by atoms with Gasteiger partial charge in [-0.1, -0.05) is 38.5 Å². The van der Waals surface area contributed by atoms with Crippen molar-refractivity contribution in [3.8, 4) is 0 Å². The molecule has 0 saturated heterocycles. The molecule has 0 aliphatic carbocycles. The summed E-state index contributed by atoms with van der Waals surface area (Å²) in [6.45, 7) is 4.85. The number of nitrogens with two attached hydrogens (primary N) is 1. The molecule has 36 heavy (non-hydrogen) atoms. The van der Waals surface area contributed by atoms with E-state index in [1.54, 1.807) is 13.1 Å². The Morgan fingerprint density at radius 2 is 1.67 bits per heavy atom. The van der Waals surface area contributed by atoms with Crippen LogP contribution in [0.4, 0.5) is 0 Å². The van der Waals surface area contributed by atoms with Crippen LogP contribution in [0.25, 0.3) is 10.9 Å². The van der Waals surface area contributed by atoms with Crippen molar-refractivity contribution in [1.82, 2.24) is 20.9 Å². The minimum atomic E-state index is -1.55. The Balaban J connectivity index is 2.08. The van der Waals surface area contributed by atoms with E-state index in [0.717, 1.165) is 16.5 Å². The second-order valence-corrected chi connectivity index (χ2v) is 9.22. The number of amides is 3. The lowest BCUT2D eigenvalue weighted by Gasteiger charge is -2.27. The van der Waals surface area contributed by atoms with Gasteiger partial charge in [-0.2, -0.15) is 12.6 Å². The summed E-state index contributed by atoms with van der Waals surface area (Å²) in [5, 5.41) is 27.1. The van der Waals surface area contributed by atoms with Crippen molar-refractivity contribution in [1.29, 1.82) is 0 Å². The van der Waals surface area contributed by atoms with Gasteiger partial charge < -0.3 is 36.9 Å². The topological polar surface area (TPSA) is 187 Å². The first-order valence-electron chi connectivity index (χ1n) is 11.7. The van der Waals surface area contributed by atoms with Gasteiger partial charge in [-0.05, 0) is 30.9 Å². The fourth-order valence-corrected chi connectivity index (χ4v) is 3.95. The summed E-state index contributed by atoms with van der Waals surface area (Å²) in [6.07, 6.45) is 1.25. The lowest BCUT2D eigenvalue weighted by Crippen LogP contribution is -2.60. The molecule has 0 fully saturated rings. The number of carboxylic acid groups (broad SMARTS) is 1. The van der Waals surface area contributed by atoms with Crippen LogP contribution in [-0.4, -0.2) is 74.9 Å². The van der Waals surface area contributed by atoms with Gasteiger partial charge in [0.25, 0.3) is 0 Å². The molecule has 3 amide bonds. The Labute approximate surface area is 215 Å². The molecule has 0 spiro atoms. The van der Waals surface area contributed by atoms with Crippen LogP contribution in [0.15, 0.2) is 30.5 Å². The van der Waals surface area contributed by atoms with Crippen LogP contribution >= 0.6 is 12.6 Å². The minimum absolute atomic E-state index is 0.134. The van der Waals surface area contributed by atoms with Crippen molar-refractivity contribution in [2.75, 3.05) is 5.75 Å². The van der Waals surface area contributed by atoms with Crippen molar-refractivity contribution in [2.45, 2.75) is 63.9 Å². The Bertz CT molecular complexity index is 1070. The van der Waals surface area contributed by atoms with E-state index >= 15 is 0 Å². The van der Waals surface area contributed by atoms with Crippen molar-refractivity contribution in [2.24, 2.45) is 11.7 Å². The number of H-pyrrole nitrogens is 1. The highest BCUT2D eigenvalue weighted by Gasteiger charge is 2.33. The zero-order valence-electron chi connectivity index (χ0n) is 20.5. The maximum absolute atomic E-state index is 13.1. The maximum atomic E-state index is 13.1. The Morgan fingerprint density at radius 3 is 2.25 bits per heavy atom.